The second kappa shape index (κ2) is 14.9. The molecular weight excluding hydrogens is 530 g/mol. The van der Waals surface area contributed by atoms with E-state index < -0.39 is 16.1 Å². The Hall–Kier alpha value is -3.27. The molecule has 2 amide bonds. The SMILES string of the molecule is CCOc1ccccc1N(CCCC(=O)N(Cc1ccc(OC)cc1)[C@@H](CC)C(=O)NC1CCCC1)S(C)(=O)=O. The quantitative estimate of drug-likeness (QED) is 0.336. The molecule has 0 aliphatic heterocycles. The lowest BCUT2D eigenvalue weighted by atomic mass is 10.1. The second-order valence-electron chi connectivity index (χ2n) is 10.1. The largest absolute Gasteiger partial charge is 0.497 e. The molecule has 9 nitrogen and oxygen atoms in total. The fraction of sp³-hybridized carbons (Fsp3) is 0.533. The summed E-state index contributed by atoms with van der Waals surface area (Å²) in [5.41, 5.74) is 1.32. The highest BCUT2D eigenvalue weighted by Crippen LogP contribution is 2.30. The molecule has 0 radical (unpaired) electrons. The van der Waals surface area contributed by atoms with Gasteiger partial charge in [0.15, 0.2) is 0 Å². The van der Waals surface area contributed by atoms with Crippen molar-refractivity contribution >= 4 is 27.5 Å². The number of amides is 2. The van der Waals surface area contributed by atoms with Crippen LogP contribution in [0.3, 0.4) is 0 Å². The first-order valence-electron chi connectivity index (χ1n) is 14.1. The van der Waals surface area contributed by atoms with Gasteiger partial charge in [0.05, 0.1) is 25.7 Å². The van der Waals surface area contributed by atoms with Crippen molar-refractivity contribution in [3.8, 4) is 11.5 Å². The second-order valence-corrected chi connectivity index (χ2v) is 12.0. The molecule has 2 aromatic carbocycles. The zero-order valence-electron chi connectivity index (χ0n) is 24.1. The molecule has 0 bridgehead atoms. The molecule has 0 spiro atoms. The van der Waals surface area contributed by atoms with Gasteiger partial charge in [-0.3, -0.25) is 13.9 Å². The summed E-state index contributed by atoms with van der Waals surface area (Å²) in [7, 11) is -2.03. The lowest BCUT2D eigenvalue weighted by molar-refractivity contribution is -0.141. The van der Waals surface area contributed by atoms with E-state index in [2.05, 4.69) is 5.32 Å². The van der Waals surface area contributed by atoms with Crippen LogP contribution in [0.4, 0.5) is 5.69 Å². The number of hydrogen-bond acceptors (Lipinski definition) is 6. The van der Waals surface area contributed by atoms with Gasteiger partial charge in [-0.2, -0.15) is 0 Å². The summed E-state index contributed by atoms with van der Waals surface area (Å²) in [6.07, 6.45) is 6.10. The highest BCUT2D eigenvalue weighted by atomic mass is 32.2. The molecule has 10 heteroatoms. The summed E-state index contributed by atoms with van der Waals surface area (Å²) in [4.78, 5) is 28.6. The Balaban J connectivity index is 1.78. The number of para-hydroxylation sites is 2. The maximum Gasteiger partial charge on any atom is 0.243 e. The minimum Gasteiger partial charge on any atom is -0.497 e. The van der Waals surface area contributed by atoms with E-state index in [1.807, 2.05) is 38.1 Å². The summed E-state index contributed by atoms with van der Waals surface area (Å²) in [5, 5.41) is 3.15. The molecule has 3 rings (SSSR count). The molecule has 1 aliphatic rings. The fourth-order valence-electron chi connectivity index (χ4n) is 5.14. The van der Waals surface area contributed by atoms with Gasteiger partial charge in [0.1, 0.15) is 17.5 Å². The molecule has 40 heavy (non-hydrogen) atoms. The monoisotopic (exact) mass is 573 g/mol. The molecule has 0 saturated heterocycles. The summed E-state index contributed by atoms with van der Waals surface area (Å²) in [5.74, 6) is 0.841. The Morgan fingerprint density at radius 2 is 1.73 bits per heavy atom. The van der Waals surface area contributed by atoms with Crippen LogP contribution >= 0.6 is 0 Å². The third kappa shape index (κ3) is 8.61. The zero-order chi connectivity index (χ0) is 29.1. The van der Waals surface area contributed by atoms with Gasteiger partial charge < -0.3 is 19.7 Å². The summed E-state index contributed by atoms with van der Waals surface area (Å²) >= 11 is 0. The van der Waals surface area contributed by atoms with Gasteiger partial charge in [0.25, 0.3) is 0 Å². The Labute approximate surface area is 238 Å². The van der Waals surface area contributed by atoms with Crippen LogP contribution in [0, 0.1) is 0 Å². The molecule has 0 heterocycles. The lowest BCUT2D eigenvalue weighted by Crippen LogP contribution is -2.51. The Bertz CT molecular complexity index is 1210. The van der Waals surface area contributed by atoms with Crippen LogP contribution in [-0.4, -0.2) is 63.7 Å². The highest BCUT2D eigenvalue weighted by molar-refractivity contribution is 7.92. The topological polar surface area (TPSA) is 105 Å². The minimum absolute atomic E-state index is 0.0895. The van der Waals surface area contributed by atoms with Crippen LogP contribution < -0.4 is 19.1 Å². The number of nitrogens with one attached hydrogen (secondary N) is 1. The van der Waals surface area contributed by atoms with Gasteiger partial charge >= 0.3 is 0 Å². The smallest absolute Gasteiger partial charge is 0.243 e. The molecule has 1 aliphatic carbocycles. The van der Waals surface area contributed by atoms with E-state index in [-0.39, 0.29) is 43.8 Å². The first kappa shape index (κ1) is 31.3. The predicted molar refractivity (Wildman–Crippen MR) is 157 cm³/mol. The lowest BCUT2D eigenvalue weighted by Gasteiger charge is -2.32. The van der Waals surface area contributed by atoms with Gasteiger partial charge in [0.2, 0.25) is 21.8 Å². The predicted octanol–water partition coefficient (Wildman–Crippen LogP) is 4.51. The number of carbonyl (C=O) groups excluding carboxylic acids is 2. The number of sulfonamides is 1. The fourth-order valence-corrected chi connectivity index (χ4v) is 6.11. The summed E-state index contributed by atoms with van der Waals surface area (Å²) in [6, 6.07) is 13.9. The van der Waals surface area contributed by atoms with Crippen LogP contribution in [0.15, 0.2) is 48.5 Å². The first-order chi connectivity index (χ1) is 19.2. The number of ether oxygens (including phenoxy) is 2. The molecule has 1 atom stereocenters. The maximum atomic E-state index is 13.7. The van der Waals surface area contributed by atoms with E-state index in [1.54, 1.807) is 36.3 Å². The highest BCUT2D eigenvalue weighted by Gasteiger charge is 2.31. The normalized spacial score (nSPS) is 14.4. The summed E-state index contributed by atoms with van der Waals surface area (Å²) < 4.78 is 37.6. The van der Waals surface area contributed by atoms with Crippen molar-refractivity contribution in [3.63, 3.8) is 0 Å². The molecular formula is C30H43N3O6S. The van der Waals surface area contributed by atoms with Crippen LogP contribution in [0.25, 0.3) is 0 Å². The molecule has 0 unspecified atom stereocenters. The number of methoxy groups -OCH3 is 1. The van der Waals surface area contributed by atoms with Gasteiger partial charge in [-0.1, -0.05) is 44.0 Å². The average Bonchev–Trinajstić information content (AvgIpc) is 3.44. The third-order valence-electron chi connectivity index (χ3n) is 7.19. The van der Waals surface area contributed by atoms with Gasteiger partial charge in [-0.05, 0) is 62.4 Å². The standard InChI is InChI=1S/C30H43N3O6S/c1-5-26(30(35)31-24-12-7-8-13-24)32(22-23-17-19-25(38-3)20-18-23)29(34)16-11-21-33(40(4,36)37)27-14-9-10-15-28(27)39-6-2/h9-10,14-15,17-20,24,26H,5-8,11-13,16,21-22H2,1-4H3,(H,31,35)/t26-/m0/s1. The van der Waals surface area contributed by atoms with Crippen molar-refractivity contribution in [1.82, 2.24) is 10.2 Å². The van der Waals surface area contributed by atoms with Crippen molar-refractivity contribution in [2.45, 2.75) is 77.4 Å². The zero-order valence-corrected chi connectivity index (χ0v) is 24.9. The number of rotatable bonds is 15. The number of anilines is 1. The molecule has 1 saturated carbocycles. The van der Waals surface area contributed by atoms with E-state index in [4.69, 9.17) is 9.47 Å². The van der Waals surface area contributed by atoms with Crippen molar-refractivity contribution in [3.05, 3.63) is 54.1 Å². The Morgan fingerprint density at radius 1 is 1.05 bits per heavy atom. The van der Waals surface area contributed by atoms with E-state index in [1.165, 1.54) is 4.31 Å². The van der Waals surface area contributed by atoms with Crippen molar-refractivity contribution in [1.29, 1.82) is 0 Å². The van der Waals surface area contributed by atoms with Crippen molar-refractivity contribution < 1.29 is 27.5 Å². The number of benzene rings is 2. The third-order valence-corrected chi connectivity index (χ3v) is 8.37. The van der Waals surface area contributed by atoms with Crippen LogP contribution in [-0.2, 0) is 26.2 Å². The average molecular weight is 574 g/mol. The van der Waals surface area contributed by atoms with Crippen molar-refractivity contribution in [2.75, 3.05) is 30.8 Å². The molecule has 1 N–H and O–H groups in total. The molecule has 0 aromatic heterocycles. The number of carbonyl (C=O) groups is 2. The number of hydrogen-bond donors (Lipinski definition) is 1. The van der Waals surface area contributed by atoms with E-state index in [9.17, 15) is 18.0 Å². The van der Waals surface area contributed by atoms with Crippen LogP contribution in [0.5, 0.6) is 11.5 Å². The maximum absolute atomic E-state index is 13.7. The molecule has 2 aromatic rings. The van der Waals surface area contributed by atoms with Gasteiger partial charge in [-0.15, -0.1) is 0 Å². The van der Waals surface area contributed by atoms with Gasteiger partial charge in [0, 0.05) is 25.6 Å². The molecule has 220 valence electrons. The molecule has 1 fully saturated rings. The van der Waals surface area contributed by atoms with E-state index in [0.29, 0.717) is 30.2 Å². The van der Waals surface area contributed by atoms with E-state index >= 15 is 0 Å². The Morgan fingerprint density at radius 3 is 2.33 bits per heavy atom. The van der Waals surface area contributed by atoms with Crippen molar-refractivity contribution in [2.24, 2.45) is 0 Å². The van der Waals surface area contributed by atoms with Gasteiger partial charge in [-0.25, -0.2) is 8.42 Å². The van der Waals surface area contributed by atoms with E-state index in [0.717, 1.165) is 37.5 Å². The first-order valence-corrected chi connectivity index (χ1v) is 15.9. The minimum atomic E-state index is -3.63. The van der Waals surface area contributed by atoms with Crippen LogP contribution in [0.2, 0.25) is 0 Å². The summed E-state index contributed by atoms with van der Waals surface area (Å²) in [6.45, 7) is 4.52. The van der Waals surface area contributed by atoms with Crippen LogP contribution in [0.1, 0.15) is 64.4 Å². The Kier molecular flexibility index (Phi) is 11.7. The number of nitrogens with zero attached hydrogens (tertiary/aromatic N) is 2.